The van der Waals surface area contributed by atoms with Crippen molar-refractivity contribution in [3.63, 3.8) is 0 Å². The third kappa shape index (κ3) is 5.00. The third-order valence-electron chi connectivity index (χ3n) is 6.89. The average molecular weight is 547 g/mol. The molecule has 1 aromatic heterocycles. The number of sulfonamides is 1. The molecule has 1 heterocycles. The average Bonchev–Trinajstić information content (AvgIpc) is 3.38. The lowest BCUT2D eigenvalue weighted by atomic mass is 10.1. The Bertz CT molecular complexity index is 1880. The van der Waals surface area contributed by atoms with Gasteiger partial charge in [-0.05, 0) is 34.7 Å². The van der Waals surface area contributed by atoms with Crippen molar-refractivity contribution in [2.24, 2.45) is 0 Å². The van der Waals surface area contributed by atoms with Crippen molar-refractivity contribution in [2.45, 2.75) is 18.0 Å². The van der Waals surface area contributed by atoms with Gasteiger partial charge >= 0.3 is 5.76 Å². The molecule has 0 aliphatic rings. The van der Waals surface area contributed by atoms with Gasteiger partial charge < -0.3 is 4.42 Å². The number of benzene rings is 5. The van der Waals surface area contributed by atoms with Gasteiger partial charge in [0, 0.05) is 24.0 Å². The van der Waals surface area contributed by atoms with Gasteiger partial charge in [0.2, 0.25) is 10.0 Å². The highest BCUT2D eigenvalue weighted by Gasteiger charge is 2.25. The lowest BCUT2D eigenvalue weighted by Crippen LogP contribution is -2.30. The topological polar surface area (TPSA) is 72.5 Å². The molecule has 198 valence electrons. The van der Waals surface area contributed by atoms with Crippen molar-refractivity contribution in [2.75, 3.05) is 0 Å². The fourth-order valence-electron chi connectivity index (χ4n) is 4.89. The third-order valence-corrected chi connectivity index (χ3v) is 8.70. The number of nitrogens with zero attached hydrogens (tertiary/aromatic N) is 2. The maximum Gasteiger partial charge on any atom is 0.424 e. The van der Waals surface area contributed by atoms with Crippen LogP contribution in [0.1, 0.15) is 11.1 Å². The molecular weight excluding hydrogens is 520 g/mol. The van der Waals surface area contributed by atoms with E-state index in [0.717, 1.165) is 21.9 Å². The molecule has 0 N–H and O–H groups in total. The molecule has 0 atom stereocenters. The first-order valence-electron chi connectivity index (χ1n) is 12.9. The number of rotatable bonds is 8. The summed E-state index contributed by atoms with van der Waals surface area (Å²) in [5.74, 6) is -0.514. The van der Waals surface area contributed by atoms with E-state index in [1.807, 2.05) is 103 Å². The number of hydrogen-bond acceptors (Lipinski definition) is 4. The van der Waals surface area contributed by atoms with Crippen LogP contribution in [0.15, 0.2) is 148 Å². The normalized spacial score (nSPS) is 11.7. The van der Waals surface area contributed by atoms with Gasteiger partial charge in [-0.25, -0.2) is 17.8 Å². The van der Waals surface area contributed by atoms with Crippen LogP contribution in [-0.2, 0) is 23.1 Å². The summed E-state index contributed by atoms with van der Waals surface area (Å²) in [4.78, 5) is 13.0. The molecular formula is C33H26N2O4S. The van der Waals surface area contributed by atoms with Crippen LogP contribution < -0.4 is 5.76 Å². The minimum Gasteiger partial charge on any atom is -0.415 e. The Morgan fingerprint density at radius 2 is 1.23 bits per heavy atom. The van der Waals surface area contributed by atoms with E-state index in [9.17, 15) is 13.2 Å². The summed E-state index contributed by atoms with van der Waals surface area (Å²) in [6, 6.07) is 39.2. The van der Waals surface area contributed by atoms with E-state index < -0.39 is 15.8 Å². The summed E-state index contributed by atoms with van der Waals surface area (Å²) in [6.07, 6.45) is 1.41. The van der Waals surface area contributed by atoms with Crippen LogP contribution in [0, 0.1) is 0 Å². The fourth-order valence-corrected chi connectivity index (χ4v) is 6.30. The van der Waals surface area contributed by atoms with Crippen molar-refractivity contribution < 1.29 is 12.8 Å². The number of aromatic nitrogens is 1. The van der Waals surface area contributed by atoms with Gasteiger partial charge in [-0.1, -0.05) is 109 Å². The molecule has 0 aliphatic carbocycles. The number of oxazole rings is 1. The minimum atomic E-state index is -3.84. The summed E-state index contributed by atoms with van der Waals surface area (Å²) in [6.45, 7) is 0.477. The Morgan fingerprint density at radius 3 is 1.88 bits per heavy atom. The van der Waals surface area contributed by atoms with E-state index in [1.165, 1.54) is 15.1 Å². The first-order valence-corrected chi connectivity index (χ1v) is 14.3. The van der Waals surface area contributed by atoms with Crippen molar-refractivity contribution >= 4 is 20.8 Å². The zero-order valence-corrected chi connectivity index (χ0v) is 22.4. The van der Waals surface area contributed by atoms with Crippen LogP contribution in [0.25, 0.3) is 27.7 Å². The van der Waals surface area contributed by atoms with Gasteiger partial charge in [-0.15, -0.1) is 0 Å². The number of hydrogen-bond donors (Lipinski definition) is 0. The maximum atomic E-state index is 13.9. The summed E-state index contributed by atoms with van der Waals surface area (Å²) < 4.78 is 36.1. The summed E-state index contributed by atoms with van der Waals surface area (Å²) in [5, 5.41) is 1.91. The highest BCUT2D eigenvalue weighted by molar-refractivity contribution is 7.89. The first kappa shape index (κ1) is 25.6. The van der Waals surface area contributed by atoms with Gasteiger partial charge in [-0.2, -0.15) is 4.31 Å². The molecule has 5 aromatic carbocycles. The smallest absolute Gasteiger partial charge is 0.415 e. The standard InChI is InChI=1S/C33H26N2O4S/c36-33-35(31-17-9-15-27-14-7-8-16-30(27)31)32(24-39-33)28-18-20-29(21-19-28)40(37,38)34(22-25-10-3-1-4-11-25)23-26-12-5-2-6-13-26/h1-21,24H,22-23H2. The highest BCUT2D eigenvalue weighted by Crippen LogP contribution is 2.29. The fraction of sp³-hybridized carbons (Fsp3) is 0.0606. The Balaban J connectivity index is 1.36. The molecule has 7 heteroatoms. The van der Waals surface area contributed by atoms with Crippen LogP contribution in [0.5, 0.6) is 0 Å². The van der Waals surface area contributed by atoms with Crippen molar-refractivity contribution in [3.8, 4) is 16.9 Å². The van der Waals surface area contributed by atoms with Crippen molar-refractivity contribution in [3.05, 3.63) is 155 Å². The Hall–Kier alpha value is -4.72. The van der Waals surface area contributed by atoms with Gasteiger partial charge in [0.15, 0.2) is 0 Å². The lowest BCUT2D eigenvalue weighted by molar-refractivity contribution is 0.401. The first-order chi connectivity index (χ1) is 19.5. The van der Waals surface area contributed by atoms with Gasteiger partial charge in [0.05, 0.1) is 16.3 Å². The maximum absolute atomic E-state index is 13.9. The van der Waals surface area contributed by atoms with Crippen LogP contribution in [-0.4, -0.2) is 17.3 Å². The van der Waals surface area contributed by atoms with E-state index >= 15 is 0 Å². The van der Waals surface area contributed by atoms with E-state index in [0.29, 0.717) is 16.9 Å². The monoisotopic (exact) mass is 546 g/mol. The highest BCUT2D eigenvalue weighted by atomic mass is 32.2. The number of fused-ring (bicyclic) bond motifs is 1. The Morgan fingerprint density at radius 1 is 0.650 bits per heavy atom. The molecule has 0 unspecified atom stereocenters. The molecule has 0 amide bonds. The second kappa shape index (κ2) is 10.8. The molecule has 6 rings (SSSR count). The molecule has 0 fully saturated rings. The lowest BCUT2D eigenvalue weighted by Gasteiger charge is -2.23. The summed E-state index contributed by atoms with van der Waals surface area (Å²) in [7, 11) is -3.84. The second-order valence-electron chi connectivity index (χ2n) is 9.49. The van der Waals surface area contributed by atoms with Gasteiger partial charge in [0.25, 0.3) is 0 Å². The molecule has 6 nitrogen and oxygen atoms in total. The van der Waals surface area contributed by atoms with Gasteiger partial charge in [0.1, 0.15) is 6.26 Å². The van der Waals surface area contributed by atoms with E-state index in [1.54, 1.807) is 24.3 Å². The summed E-state index contributed by atoms with van der Waals surface area (Å²) >= 11 is 0. The molecule has 0 radical (unpaired) electrons. The van der Waals surface area contributed by atoms with Crippen molar-refractivity contribution in [1.29, 1.82) is 0 Å². The minimum absolute atomic E-state index is 0.172. The Labute approximate surface area is 232 Å². The van der Waals surface area contributed by atoms with E-state index in [-0.39, 0.29) is 18.0 Å². The largest absolute Gasteiger partial charge is 0.424 e. The zero-order chi connectivity index (χ0) is 27.5. The van der Waals surface area contributed by atoms with Crippen LogP contribution in [0.4, 0.5) is 0 Å². The molecule has 0 saturated carbocycles. The van der Waals surface area contributed by atoms with Crippen LogP contribution >= 0.6 is 0 Å². The van der Waals surface area contributed by atoms with Crippen LogP contribution in [0.3, 0.4) is 0 Å². The molecule has 6 aromatic rings. The summed E-state index contributed by atoms with van der Waals surface area (Å²) in [5.41, 5.74) is 3.69. The van der Waals surface area contributed by atoms with E-state index in [4.69, 9.17) is 4.42 Å². The zero-order valence-electron chi connectivity index (χ0n) is 21.6. The molecule has 0 spiro atoms. The molecule has 0 bridgehead atoms. The van der Waals surface area contributed by atoms with E-state index in [2.05, 4.69) is 0 Å². The quantitative estimate of drug-likeness (QED) is 0.215. The van der Waals surface area contributed by atoms with Gasteiger partial charge in [-0.3, -0.25) is 0 Å². The second-order valence-corrected chi connectivity index (χ2v) is 11.4. The molecule has 0 aliphatic heterocycles. The predicted molar refractivity (Wildman–Crippen MR) is 157 cm³/mol. The molecule has 40 heavy (non-hydrogen) atoms. The Kier molecular flexibility index (Phi) is 6.90. The SMILES string of the molecule is O=c1occ(-c2ccc(S(=O)(=O)N(Cc3ccccc3)Cc3ccccc3)cc2)n1-c1cccc2ccccc12. The predicted octanol–water partition coefficient (Wildman–Crippen LogP) is 6.64. The van der Waals surface area contributed by atoms with Crippen molar-refractivity contribution in [1.82, 2.24) is 8.87 Å². The van der Waals surface area contributed by atoms with Crippen LogP contribution in [0.2, 0.25) is 0 Å². The molecule has 0 saturated heterocycles.